The minimum Gasteiger partial charge on any atom is -0.492 e. The Hall–Kier alpha value is -3.48. The molecule has 1 aliphatic heterocycles. The summed E-state index contributed by atoms with van der Waals surface area (Å²) in [5.41, 5.74) is 1.70. The second kappa shape index (κ2) is 6.44. The molecule has 2 aromatic carbocycles. The van der Waals surface area contributed by atoms with Gasteiger partial charge in [-0.1, -0.05) is 17.3 Å². The maximum Gasteiger partial charge on any atom is 0.261 e. The van der Waals surface area contributed by atoms with E-state index in [9.17, 15) is 9.59 Å². The molecule has 1 aromatic heterocycles. The fraction of sp³-hybridized carbons (Fsp3) is 0.158. The summed E-state index contributed by atoms with van der Waals surface area (Å²) >= 11 is 0. The summed E-state index contributed by atoms with van der Waals surface area (Å²) in [5, 5.41) is 3.86. The monoisotopic (exact) mass is 349 g/mol. The van der Waals surface area contributed by atoms with Gasteiger partial charge >= 0.3 is 0 Å². The number of aryl methyl sites for hydroxylation is 1. The number of aromatic nitrogens is 2. The number of carbonyl (C=O) groups excluding carboxylic acids is 2. The van der Waals surface area contributed by atoms with Crippen molar-refractivity contribution in [3.8, 4) is 17.1 Å². The van der Waals surface area contributed by atoms with Crippen LogP contribution in [0.15, 0.2) is 53.1 Å². The van der Waals surface area contributed by atoms with Crippen LogP contribution in [0.1, 0.15) is 26.6 Å². The van der Waals surface area contributed by atoms with Crippen LogP contribution in [0.4, 0.5) is 0 Å². The van der Waals surface area contributed by atoms with Crippen LogP contribution >= 0.6 is 0 Å². The molecule has 7 nitrogen and oxygen atoms in total. The molecule has 0 aliphatic carbocycles. The number of imide groups is 1. The Kier molecular flexibility index (Phi) is 3.96. The lowest BCUT2D eigenvalue weighted by molar-refractivity contribution is 0.0631. The average Bonchev–Trinajstić information content (AvgIpc) is 3.20. The highest BCUT2D eigenvalue weighted by atomic mass is 16.5. The highest BCUT2D eigenvalue weighted by molar-refractivity contribution is 6.21. The number of fused-ring (bicyclic) bond motifs is 1. The normalized spacial score (nSPS) is 13.2. The van der Waals surface area contributed by atoms with Crippen LogP contribution in [-0.4, -0.2) is 40.0 Å². The van der Waals surface area contributed by atoms with E-state index in [-0.39, 0.29) is 25.0 Å². The molecule has 0 atom stereocenters. The lowest BCUT2D eigenvalue weighted by atomic mass is 10.1. The van der Waals surface area contributed by atoms with Gasteiger partial charge in [-0.3, -0.25) is 14.5 Å². The highest BCUT2D eigenvalue weighted by Gasteiger charge is 2.34. The van der Waals surface area contributed by atoms with Crippen molar-refractivity contribution in [2.75, 3.05) is 13.2 Å². The van der Waals surface area contributed by atoms with Crippen molar-refractivity contribution in [3.63, 3.8) is 0 Å². The van der Waals surface area contributed by atoms with Crippen LogP contribution in [-0.2, 0) is 0 Å². The molecule has 26 heavy (non-hydrogen) atoms. The van der Waals surface area contributed by atoms with E-state index in [1.807, 2.05) is 12.1 Å². The topological polar surface area (TPSA) is 85.5 Å². The first kappa shape index (κ1) is 16.0. The Labute approximate surface area is 149 Å². The molecule has 7 heteroatoms. The smallest absolute Gasteiger partial charge is 0.261 e. The SMILES string of the molecule is Cc1nc(-c2ccc(OCCN3C(=O)c4ccccc4C3=O)cc2)no1. The zero-order valence-corrected chi connectivity index (χ0v) is 14.0. The van der Waals surface area contributed by atoms with E-state index in [0.29, 0.717) is 28.6 Å². The molecule has 1 aliphatic rings. The van der Waals surface area contributed by atoms with Gasteiger partial charge in [0.15, 0.2) is 0 Å². The molecule has 2 heterocycles. The lowest BCUT2D eigenvalue weighted by Gasteiger charge is -2.14. The molecule has 0 bridgehead atoms. The molecule has 0 saturated carbocycles. The Bertz CT molecular complexity index is 943. The van der Waals surface area contributed by atoms with Gasteiger partial charge in [0.05, 0.1) is 17.7 Å². The molecule has 0 saturated heterocycles. The zero-order chi connectivity index (χ0) is 18.1. The highest BCUT2D eigenvalue weighted by Crippen LogP contribution is 2.23. The molecule has 4 rings (SSSR count). The van der Waals surface area contributed by atoms with Gasteiger partial charge in [-0.25, -0.2) is 0 Å². The third kappa shape index (κ3) is 2.83. The second-order valence-corrected chi connectivity index (χ2v) is 5.82. The third-order valence-electron chi connectivity index (χ3n) is 4.10. The van der Waals surface area contributed by atoms with Crippen LogP contribution in [0.2, 0.25) is 0 Å². The van der Waals surface area contributed by atoms with E-state index in [1.54, 1.807) is 43.3 Å². The van der Waals surface area contributed by atoms with E-state index >= 15 is 0 Å². The quantitative estimate of drug-likeness (QED) is 0.659. The van der Waals surface area contributed by atoms with E-state index in [0.717, 1.165) is 5.56 Å². The fourth-order valence-corrected chi connectivity index (χ4v) is 2.81. The minimum atomic E-state index is -0.281. The third-order valence-corrected chi connectivity index (χ3v) is 4.10. The van der Waals surface area contributed by atoms with Gasteiger partial charge in [0.2, 0.25) is 11.7 Å². The standard InChI is InChI=1S/C19H15N3O4/c1-12-20-17(21-26-12)13-6-8-14(9-7-13)25-11-10-22-18(23)15-4-2-3-5-16(15)19(22)24/h2-9H,10-11H2,1H3. The van der Waals surface area contributed by atoms with Crippen molar-refractivity contribution >= 4 is 11.8 Å². The molecule has 130 valence electrons. The predicted molar refractivity (Wildman–Crippen MR) is 91.8 cm³/mol. The number of benzene rings is 2. The van der Waals surface area contributed by atoms with Gasteiger partial charge in [-0.05, 0) is 36.4 Å². The largest absolute Gasteiger partial charge is 0.492 e. The van der Waals surface area contributed by atoms with Crippen molar-refractivity contribution in [2.24, 2.45) is 0 Å². The Balaban J connectivity index is 1.37. The van der Waals surface area contributed by atoms with Crippen molar-refractivity contribution in [1.82, 2.24) is 15.0 Å². The number of ether oxygens (including phenoxy) is 1. The number of carbonyl (C=O) groups is 2. The van der Waals surface area contributed by atoms with Crippen molar-refractivity contribution in [2.45, 2.75) is 6.92 Å². The number of amides is 2. The van der Waals surface area contributed by atoms with Gasteiger partial charge in [0, 0.05) is 12.5 Å². The molecule has 0 N–H and O–H groups in total. The summed E-state index contributed by atoms with van der Waals surface area (Å²) in [6.45, 7) is 2.14. The van der Waals surface area contributed by atoms with Crippen LogP contribution in [0, 0.1) is 6.92 Å². The molecule has 0 unspecified atom stereocenters. The molecule has 0 fully saturated rings. The summed E-state index contributed by atoms with van der Waals surface area (Å²) in [4.78, 5) is 29.9. The first-order valence-corrected chi connectivity index (χ1v) is 8.12. The fourth-order valence-electron chi connectivity index (χ4n) is 2.81. The van der Waals surface area contributed by atoms with Crippen molar-refractivity contribution < 1.29 is 18.8 Å². The zero-order valence-electron chi connectivity index (χ0n) is 14.0. The number of hydrogen-bond acceptors (Lipinski definition) is 6. The average molecular weight is 349 g/mol. The van der Waals surface area contributed by atoms with Gasteiger partial charge in [-0.15, -0.1) is 0 Å². The first-order valence-electron chi connectivity index (χ1n) is 8.12. The summed E-state index contributed by atoms with van der Waals surface area (Å²) in [6, 6.07) is 14.0. The summed E-state index contributed by atoms with van der Waals surface area (Å²) in [5.74, 6) is 1.08. The van der Waals surface area contributed by atoms with Gasteiger partial charge in [0.25, 0.3) is 11.8 Å². The maximum atomic E-state index is 12.3. The van der Waals surface area contributed by atoms with Crippen LogP contribution in [0.25, 0.3) is 11.4 Å². The van der Waals surface area contributed by atoms with Crippen molar-refractivity contribution in [1.29, 1.82) is 0 Å². The molecular formula is C19H15N3O4. The second-order valence-electron chi connectivity index (χ2n) is 5.82. The Morgan fingerprint density at radius 3 is 2.23 bits per heavy atom. The van der Waals surface area contributed by atoms with Gasteiger partial charge in [-0.2, -0.15) is 4.98 Å². The summed E-state index contributed by atoms with van der Waals surface area (Å²) in [6.07, 6.45) is 0. The maximum absolute atomic E-state index is 12.3. The van der Waals surface area contributed by atoms with Crippen LogP contribution in [0.5, 0.6) is 5.75 Å². The molecule has 0 spiro atoms. The Morgan fingerprint density at radius 1 is 1.00 bits per heavy atom. The minimum absolute atomic E-state index is 0.193. The molecule has 2 amide bonds. The van der Waals surface area contributed by atoms with E-state index in [2.05, 4.69) is 10.1 Å². The van der Waals surface area contributed by atoms with Crippen molar-refractivity contribution in [3.05, 3.63) is 65.5 Å². The van der Waals surface area contributed by atoms with E-state index < -0.39 is 0 Å². The Morgan fingerprint density at radius 2 is 1.65 bits per heavy atom. The lowest BCUT2D eigenvalue weighted by Crippen LogP contribution is -2.33. The summed E-state index contributed by atoms with van der Waals surface area (Å²) < 4.78 is 10.6. The van der Waals surface area contributed by atoms with Crippen LogP contribution in [0.3, 0.4) is 0 Å². The number of nitrogens with zero attached hydrogens (tertiary/aromatic N) is 3. The first-order chi connectivity index (χ1) is 12.6. The molecule has 3 aromatic rings. The molecule has 0 radical (unpaired) electrons. The van der Waals surface area contributed by atoms with Gasteiger partial charge < -0.3 is 9.26 Å². The predicted octanol–water partition coefficient (Wildman–Crippen LogP) is 2.72. The summed E-state index contributed by atoms with van der Waals surface area (Å²) in [7, 11) is 0. The van der Waals surface area contributed by atoms with E-state index in [4.69, 9.17) is 9.26 Å². The van der Waals surface area contributed by atoms with E-state index in [1.165, 1.54) is 4.90 Å². The number of rotatable bonds is 5. The van der Waals surface area contributed by atoms with Gasteiger partial charge in [0.1, 0.15) is 12.4 Å². The van der Waals surface area contributed by atoms with Crippen LogP contribution < -0.4 is 4.74 Å². The number of hydrogen-bond donors (Lipinski definition) is 0. The molecular weight excluding hydrogens is 334 g/mol.